The van der Waals surface area contributed by atoms with Gasteiger partial charge in [0.05, 0.1) is 5.02 Å². The molecule has 0 saturated heterocycles. The van der Waals surface area contributed by atoms with Crippen molar-refractivity contribution in [3.63, 3.8) is 0 Å². The quantitative estimate of drug-likeness (QED) is 0.831. The highest BCUT2D eigenvalue weighted by Crippen LogP contribution is 2.20. The monoisotopic (exact) mass is 295 g/mol. The van der Waals surface area contributed by atoms with Crippen molar-refractivity contribution in [1.82, 2.24) is 0 Å². The average molecular weight is 296 g/mol. The van der Waals surface area contributed by atoms with Gasteiger partial charge in [0.1, 0.15) is 30.5 Å². The molecule has 106 valence electrons. The lowest BCUT2D eigenvalue weighted by Crippen LogP contribution is -2.11. The van der Waals surface area contributed by atoms with E-state index in [0.29, 0.717) is 25.5 Å². The Balaban J connectivity index is 1.83. The summed E-state index contributed by atoms with van der Waals surface area (Å²) in [5.74, 6) is 0.655. The Morgan fingerprint density at radius 3 is 2.55 bits per heavy atom. The van der Waals surface area contributed by atoms with Crippen molar-refractivity contribution < 1.29 is 13.9 Å². The first kappa shape index (κ1) is 14.6. The molecule has 2 aromatic rings. The lowest BCUT2D eigenvalue weighted by molar-refractivity contribution is 0.215. The van der Waals surface area contributed by atoms with Crippen molar-refractivity contribution in [3.8, 4) is 11.5 Å². The Labute approximate surface area is 122 Å². The molecular weight excluding hydrogens is 281 g/mol. The third-order valence-electron chi connectivity index (χ3n) is 2.69. The van der Waals surface area contributed by atoms with Crippen LogP contribution in [0.25, 0.3) is 0 Å². The lowest BCUT2D eigenvalue weighted by atomic mass is 10.2. The van der Waals surface area contributed by atoms with Crippen LogP contribution in [0, 0.1) is 5.82 Å². The van der Waals surface area contributed by atoms with Crippen LogP contribution < -0.4 is 15.2 Å². The highest BCUT2D eigenvalue weighted by molar-refractivity contribution is 6.30. The average Bonchev–Trinajstić information content (AvgIpc) is 2.47. The maximum Gasteiger partial charge on any atom is 0.145 e. The number of hydrogen-bond acceptors (Lipinski definition) is 3. The largest absolute Gasteiger partial charge is 0.490 e. The maximum atomic E-state index is 13.2. The van der Waals surface area contributed by atoms with E-state index in [1.54, 1.807) is 6.07 Å². The standard InChI is InChI=1S/C15H15ClFNO2/c16-13-6-5-12(9-14(13)17)19-7-8-20-15-4-2-1-3-11(15)10-18/h1-6,9H,7-8,10,18H2. The van der Waals surface area contributed by atoms with E-state index in [1.165, 1.54) is 12.1 Å². The first-order valence-electron chi connectivity index (χ1n) is 6.19. The van der Waals surface area contributed by atoms with E-state index in [4.69, 9.17) is 26.8 Å². The Morgan fingerprint density at radius 1 is 1.05 bits per heavy atom. The zero-order chi connectivity index (χ0) is 14.4. The van der Waals surface area contributed by atoms with E-state index in [1.807, 2.05) is 24.3 Å². The molecule has 20 heavy (non-hydrogen) atoms. The van der Waals surface area contributed by atoms with Gasteiger partial charge in [-0.3, -0.25) is 0 Å². The van der Waals surface area contributed by atoms with E-state index < -0.39 is 5.82 Å². The summed E-state index contributed by atoms with van der Waals surface area (Å²) in [6.45, 7) is 1.07. The van der Waals surface area contributed by atoms with Crippen LogP contribution >= 0.6 is 11.6 Å². The smallest absolute Gasteiger partial charge is 0.145 e. The molecule has 0 aliphatic carbocycles. The fraction of sp³-hybridized carbons (Fsp3) is 0.200. The van der Waals surface area contributed by atoms with E-state index >= 15 is 0 Å². The molecule has 2 N–H and O–H groups in total. The Morgan fingerprint density at radius 2 is 1.80 bits per heavy atom. The summed E-state index contributed by atoms with van der Waals surface area (Å²) in [6.07, 6.45) is 0. The highest BCUT2D eigenvalue weighted by Gasteiger charge is 2.03. The van der Waals surface area contributed by atoms with Crippen molar-refractivity contribution in [1.29, 1.82) is 0 Å². The fourth-order valence-corrected chi connectivity index (χ4v) is 1.81. The SMILES string of the molecule is NCc1ccccc1OCCOc1ccc(Cl)c(F)c1. The summed E-state index contributed by atoms with van der Waals surface area (Å²) in [7, 11) is 0. The summed E-state index contributed by atoms with van der Waals surface area (Å²) in [5, 5.41) is 0.0745. The van der Waals surface area contributed by atoms with Gasteiger partial charge in [-0.15, -0.1) is 0 Å². The molecule has 0 unspecified atom stereocenters. The van der Waals surface area contributed by atoms with Crippen LogP contribution in [0.1, 0.15) is 5.56 Å². The molecule has 0 radical (unpaired) electrons. The predicted octanol–water partition coefficient (Wildman–Crippen LogP) is 3.40. The number of rotatable bonds is 6. The number of para-hydroxylation sites is 1. The number of nitrogens with two attached hydrogens (primary N) is 1. The zero-order valence-corrected chi connectivity index (χ0v) is 11.6. The normalized spacial score (nSPS) is 10.3. The van der Waals surface area contributed by atoms with Crippen molar-refractivity contribution in [3.05, 3.63) is 58.9 Å². The van der Waals surface area contributed by atoms with E-state index in [-0.39, 0.29) is 5.02 Å². The van der Waals surface area contributed by atoms with Crippen LogP contribution in [0.3, 0.4) is 0 Å². The molecule has 0 saturated carbocycles. The minimum atomic E-state index is -0.501. The number of halogens is 2. The molecule has 0 atom stereocenters. The summed E-state index contributed by atoms with van der Waals surface area (Å²) < 4.78 is 24.2. The van der Waals surface area contributed by atoms with Gasteiger partial charge >= 0.3 is 0 Å². The second-order valence-electron chi connectivity index (χ2n) is 4.08. The van der Waals surface area contributed by atoms with E-state index in [0.717, 1.165) is 11.3 Å². The molecule has 3 nitrogen and oxygen atoms in total. The molecule has 0 fully saturated rings. The second-order valence-corrected chi connectivity index (χ2v) is 4.49. The number of hydrogen-bond donors (Lipinski definition) is 1. The summed E-state index contributed by atoms with van der Waals surface area (Å²) in [6, 6.07) is 11.9. The Bertz CT molecular complexity index is 578. The van der Waals surface area contributed by atoms with Gasteiger partial charge in [0.25, 0.3) is 0 Å². The van der Waals surface area contributed by atoms with Gasteiger partial charge in [0, 0.05) is 18.2 Å². The molecule has 0 heterocycles. The molecule has 0 aromatic heterocycles. The first-order valence-corrected chi connectivity index (χ1v) is 6.57. The number of benzene rings is 2. The fourth-order valence-electron chi connectivity index (χ4n) is 1.69. The van der Waals surface area contributed by atoms with Crippen molar-refractivity contribution >= 4 is 11.6 Å². The van der Waals surface area contributed by atoms with Gasteiger partial charge in [-0.05, 0) is 18.2 Å². The third kappa shape index (κ3) is 3.85. The molecule has 0 bridgehead atoms. The van der Waals surface area contributed by atoms with Gasteiger partial charge < -0.3 is 15.2 Å². The van der Waals surface area contributed by atoms with E-state index in [2.05, 4.69) is 0 Å². The molecule has 5 heteroatoms. The van der Waals surface area contributed by atoms with Crippen LogP contribution in [-0.4, -0.2) is 13.2 Å². The highest BCUT2D eigenvalue weighted by atomic mass is 35.5. The summed E-state index contributed by atoms with van der Waals surface area (Å²) >= 11 is 5.59. The minimum absolute atomic E-state index is 0.0745. The van der Waals surface area contributed by atoms with Gasteiger partial charge in [-0.1, -0.05) is 29.8 Å². The summed E-state index contributed by atoms with van der Waals surface area (Å²) in [5.41, 5.74) is 6.55. The second kappa shape index (κ2) is 7.12. The summed E-state index contributed by atoms with van der Waals surface area (Å²) in [4.78, 5) is 0. The number of ether oxygens (including phenoxy) is 2. The van der Waals surface area contributed by atoms with Crippen LogP contribution in [-0.2, 0) is 6.54 Å². The van der Waals surface area contributed by atoms with Crippen molar-refractivity contribution in [2.45, 2.75) is 6.54 Å². The first-order chi connectivity index (χ1) is 9.70. The Hall–Kier alpha value is -1.78. The molecule has 2 rings (SSSR count). The van der Waals surface area contributed by atoms with Crippen molar-refractivity contribution in [2.75, 3.05) is 13.2 Å². The molecule has 0 aliphatic heterocycles. The lowest BCUT2D eigenvalue weighted by Gasteiger charge is -2.11. The van der Waals surface area contributed by atoms with Crippen LogP contribution in [0.4, 0.5) is 4.39 Å². The van der Waals surface area contributed by atoms with Crippen molar-refractivity contribution in [2.24, 2.45) is 5.73 Å². The molecule has 0 aliphatic rings. The molecule has 2 aromatic carbocycles. The van der Waals surface area contributed by atoms with Crippen LogP contribution in [0.5, 0.6) is 11.5 Å². The molecule has 0 spiro atoms. The Kier molecular flexibility index (Phi) is 5.21. The van der Waals surface area contributed by atoms with Crippen LogP contribution in [0.2, 0.25) is 5.02 Å². The third-order valence-corrected chi connectivity index (χ3v) is 3.00. The van der Waals surface area contributed by atoms with Gasteiger partial charge in [0.2, 0.25) is 0 Å². The molecule has 0 amide bonds. The van der Waals surface area contributed by atoms with Gasteiger partial charge in [0.15, 0.2) is 0 Å². The molecular formula is C15H15ClFNO2. The topological polar surface area (TPSA) is 44.5 Å². The predicted molar refractivity (Wildman–Crippen MR) is 76.7 cm³/mol. The van der Waals surface area contributed by atoms with Gasteiger partial charge in [-0.25, -0.2) is 4.39 Å². The maximum absolute atomic E-state index is 13.2. The van der Waals surface area contributed by atoms with Crippen LogP contribution in [0.15, 0.2) is 42.5 Å². The van der Waals surface area contributed by atoms with Gasteiger partial charge in [-0.2, -0.15) is 0 Å². The zero-order valence-electron chi connectivity index (χ0n) is 10.8. The minimum Gasteiger partial charge on any atom is -0.490 e. The van der Waals surface area contributed by atoms with E-state index in [9.17, 15) is 4.39 Å².